The normalized spacial score (nSPS) is 13.1. The molecule has 0 fully saturated rings. The van der Waals surface area contributed by atoms with Crippen molar-refractivity contribution in [2.75, 3.05) is 6.61 Å². The summed E-state index contributed by atoms with van der Waals surface area (Å²) in [6.45, 7) is 6.45. The van der Waals surface area contributed by atoms with E-state index in [2.05, 4.69) is 5.48 Å². The van der Waals surface area contributed by atoms with Gasteiger partial charge in [-0.15, -0.1) is 0 Å². The molecule has 0 saturated carbocycles. The van der Waals surface area contributed by atoms with Gasteiger partial charge < -0.3 is 4.84 Å². The maximum absolute atomic E-state index is 13.3. The highest BCUT2D eigenvalue weighted by Gasteiger charge is 2.17. The first kappa shape index (κ1) is 14.7. The van der Waals surface area contributed by atoms with Gasteiger partial charge in [0, 0.05) is 10.6 Å². The summed E-state index contributed by atoms with van der Waals surface area (Å²) >= 11 is 11.9. The number of hydrogen-bond acceptors (Lipinski definition) is 2. The van der Waals surface area contributed by atoms with Gasteiger partial charge in [0.05, 0.1) is 17.7 Å². The van der Waals surface area contributed by atoms with Crippen molar-refractivity contribution in [3.63, 3.8) is 0 Å². The van der Waals surface area contributed by atoms with Gasteiger partial charge >= 0.3 is 0 Å². The van der Waals surface area contributed by atoms with Crippen LogP contribution < -0.4 is 5.48 Å². The van der Waals surface area contributed by atoms with Gasteiger partial charge in [-0.2, -0.15) is 5.48 Å². The van der Waals surface area contributed by atoms with Gasteiger partial charge in [-0.3, -0.25) is 0 Å². The van der Waals surface area contributed by atoms with Gasteiger partial charge in [0.2, 0.25) is 0 Å². The molecule has 0 heterocycles. The number of hydrogen-bond donors (Lipinski definition) is 1. The average molecular weight is 280 g/mol. The van der Waals surface area contributed by atoms with Crippen molar-refractivity contribution in [2.45, 2.75) is 26.8 Å². The van der Waals surface area contributed by atoms with E-state index in [1.165, 1.54) is 12.1 Å². The molecule has 1 aromatic rings. The maximum Gasteiger partial charge on any atom is 0.142 e. The Balaban J connectivity index is 2.74. The molecule has 1 rings (SSSR count). The van der Waals surface area contributed by atoms with Crippen molar-refractivity contribution < 1.29 is 9.23 Å². The topological polar surface area (TPSA) is 21.3 Å². The van der Waals surface area contributed by atoms with Gasteiger partial charge in [0.25, 0.3) is 0 Å². The molecule has 0 aliphatic rings. The second kappa shape index (κ2) is 6.55. The van der Waals surface area contributed by atoms with Gasteiger partial charge in [-0.25, -0.2) is 4.39 Å². The number of benzene rings is 1. The number of hydroxylamine groups is 1. The predicted octanol–water partition coefficient (Wildman–Crippen LogP) is 4.37. The zero-order chi connectivity index (χ0) is 13.0. The Hall–Kier alpha value is -0.350. The van der Waals surface area contributed by atoms with Crippen LogP contribution in [0.15, 0.2) is 12.1 Å². The molecule has 1 aromatic carbocycles. The third-order valence-corrected chi connectivity index (χ3v) is 2.90. The molecule has 1 N–H and O–H groups in total. The Morgan fingerprint density at radius 3 is 2.53 bits per heavy atom. The molecule has 5 heteroatoms. The molecule has 96 valence electrons. The van der Waals surface area contributed by atoms with Crippen LogP contribution in [0, 0.1) is 11.7 Å². The fourth-order valence-corrected chi connectivity index (χ4v) is 2.04. The minimum absolute atomic E-state index is 0.0330. The van der Waals surface area contributed by atoms with Crippen LogP contribution in [-0.4, -0.2) is 6.61 Å². The van der Waals surface area contributed by atoms with Crippen LogP contribution in [0.25, 0.3) is 0 Å². The van der Waals surface area contributed by atoms with E-state index in [9.17, 15) is 4.39 Å². The zero-order valence-electron chi connectivity index (χ0n) is 10.1. The predicted molar refractivity (Wildman–Crippen MR) is 68.8 cm³/mol. The van der Waals surface area contributed by atoms with E-state index in [-0.39, 0.29) is 11.1 Å². The average Bonchev–Trinajstić information content (AvgIpc) is 2.23. The van der Waals surface area contributed by atoms with Crippen LogP contribution in [0.1, 0.15) is 32.4 Å². The van der Waals surface area contributed by atoms with Crippen molar-refractivity contribution in [1.29, 1.82) is 0 Å². The third kappa shape index (κ3) is 4.11. The lowest BCUT2D eigenvalue weighted by Crippen LogP contribution is -2.22. The van der Waals surface area contributed by atoms with Gasteiger partial charge in [0.1, 0.15) is 5.82 Å². The molecule has 17 heavy (non-hydrogen) atoms. The molecular formula is C12H16Cl2FNO. The summed E-state index contributed by atoms with van der Waals surface area (Å²) in [6, 6.07) is 2.46. The summed E-state index contributed by atoms with van der Waals surface area (Å²) in [5, 5.41) is 0.454. The van der Waals surface area contributed by atoms with Gasteiger partial charge in [-0.1, -0.05) is 37.0 Å². The first-order valence-corrected chi connectivity index (χ1v) is 6.19. The summed E-state index contributed by atoms with van der Waals surface area (Å²) < 4.78 is 13.3. The van der Waals surface area contributed by atoms with Gasteiger partial charge in [-0.05, 0) is 25.0 Å². The summed E-state index contributed by atoms with van der Waals surface area (Å²) in [4.78, 5) is 5.27. The van der Waals surface area contributed by atoms with Crippen LogP contribution in [0.2, 0.25) is 10.0 Å². The molecule has 0 aromatic heterocycles. The van der Waals surface area contributed by atoms with E-state index in [4.69, 9.17) is 28.0 Å². The fraction of sp³-hybridized carbons (Fsp3) is 0.500. The Labute approximate surface area is 111 Å². The zero-order valence-corrected chi connectivity index (χ0v) is 11.6. The molecule has 1 atom stereocenters. The largest absolute Gasteiger partial charge is 0.301 e. The van der Waals surface area contributed by atoms with E-state index in [1.54, 1.807) is 0 Å². The van der Waals surface area contributed by atoms with E-state index in [0.717, 1.165) is 0 Å². The summed E-state index contributed by atoms with van der Waals surface area (Å²) in [5.74, 6) is -0.0725. The van der Waals surface area contributed by atoms with E-state index in [0.29, 0.717) is 23.1 Å². The molecule has 0 bridgehead atoms. The highest BCUT2D eigenvalue weighted by Crippen LogP contribution is 2.32. The smallest absolute Gasteiger partial charge is 0.142 e. The van der Waals surface area contributed by atoms with Crippen molar-refractivity contribution in [3.05, 3.63) is 33.6 Å². The van der Waals surface area contributed by atoms with E-state index < -0.39 is 5.82 Å². The summed E-state index contributed by atoms with van der Waals surface area (Å²) in [5.41, 5.74) is 3.31. The third-order valence-electron chi connectivity index (χ3n) is 2.19. The minimum Gasteiger partial charge on any atom is -0.301 e. The second-order valence-electron chi connectivity index (χ2n) is 4.30. The van der Waals surface area contributed by atoms with E-state index in [1.807, 2.05) is 20.8 Å². The van der Waals surface area contributed by atoms with Crippen molar-refractivity contribution >= 4 is 23.2 Å². The summed E-state index contributed by atoms with van der Waals surface area (Å²) in [6.07, 6.45) is 0. The molecule has 0 aliphatic heterocycles. The van der Waals surface area contributed by atoms with Gasteiger partial charge in [0.15, 0.2) is 0 Å². The highest BCUT2D eigenvalue weighted by atomic mass is 35.5. The monoisotopic (exact) mass is 279 g/mol. The van der Waals surface area contributed by atoms with Crippen molar-refractivity contribution in [3.8, 4) is 0 Å². The molecule has 0 aliphatic carbocycles. The Morgan fingerprint density at radius 2 is 1.94 bits per heavy atom. The lowest BCUT2D eigenvalue weighted by atomic mass is 10.1. The number of nitrogens with one attached hydrogen (secondary N) is 1. The van der Waals surface area contributed by atoms with Crippen LogP contribution in [0.4, 0.5) is 4.39 Å². The second-order valence-corrected chi connectivity index (χ2v) is 5.09. The van der Waals surface area contributed by atoms with Crippen molar-refractivity contribution in [2.24, 2.45) is 5.92 Å². The first-order valence-electron chi connectivity index (χ1n) is 5.44. The lowest BCUT2D eigenvalue weighted by molar-refractivity contribution is 0.00408. The Bertz CT molecular complexity index is 385. The maximum atomic E-state index is 13.3. The SMILES string of the molecule is CC(C)CONC(C)c1c(Cl)ccc(F)c1Cl. The molecule has 0 amide bonds. The minimum atomic E-state index is -0.483. The Kier molecular flexibility index (Phi) is 5.67. The molecule has 1 unspecified atom stereocenters. The van der Waals surface area contributed by atoms with Crippen molar-refractivity contribution in [1.82, 2.24) is 5.48 Å². The van der Waals surface area contributed by atoms with Crippen LogP contribution >= 0.6 is 23.2 Å². The molecule has 0 spiro atoms. The molecule has 0 saturated heterocycles. The Morgan fingerprint density at radius 1 is 1.29 bits per heavy atom. The van der Waals surface area contributed by atoms with Crippen LogP contribution in [-0.2, 0) is 4.84 Å². The number of rotatable bonds is 5. The van der Waals surface area contributed by atoms with E-state index >= 15 is 0 Å². The fourth-order valence-electron chi connectivity index (χ4n) is 1.34. The first-order chi connectivity index (χ1) is 7.93. The highest BCUT2D eigenvalue weighted by molar-refractivity contribution is 6.36. The summed E-state index contributed by atoms with van der Waals surface area (Å²) in [7, 11) is 0. The molecular weight excluding hydrogens is 264 g/mol. The number of halogens is 3. The molecule has 2 nitrogen and oxygen atoms in total. The van der Waals surface area contributed by atoms with Crippen LogP contribution in [0.3, 0.4) is 0 Å². The lowest BCUT2D eigenvalue weighted by Gasteiger charge is -2.18. The quantitative estimate of drug-likeness (QED) is 0.638. The van der Waals surface area contributed by atoms with Crippen LogP contribution in [0.5, 0.6) is 0 Å². The molecule has 0 radical (unpaired) electrons. The standard InChI is InChI=1S/C12H16Cl2FNO/c1-7(2)6-17-16-8(3)11-9(13)4-5-10(15)12(11)14/h4-5,7-8,16H,6H2,1-3H3.